The smallest absolute Gasteiger partial charge is 0.325 e. The maximum atomic E-state index is 12.1. The molecule has 0 aliphatic rings. The molecule has 0 saturated carbocycles. The molecule has 0 spiro atoms. The van der Waals surface area contributed by atoms with Crippen LogP contribution in [0, 0.1) is 6.92 Å². The lowest BCUT2D eigenvalue weighted by molar-refractivity contribution is 0.262. The second kappa shape index (κ2) is 7.98. The predicted octanol–water partition coefficient (Wildman–Crippen LogP) is 3.94. The Bertz CT molecular complexity index is 693. The number of ether oxygens (including phenoxy) is 2. The minimum atomic E-state index is -0.456. The summed E-state index contributed by atoms with van der Waals surface area (Å²) in [6.45, 7) is 6.44. The number of carbonyl (C=O) groups excluding carboxylic acids is 1. The number of aromatic nitrogens is 2. The van der Waals surface area contributed by atoms with E-state index >= 15 is 0 Å². The number of carbonyl (C=O) groups is 1. The van der Waals surface area contributed by atoms with E-state index in [0.29, 0.717) is 40.6 Å². The number of amides is 2. The van der Waals surface area contributed by atoms with Crippen LogP contribution in [0.4, 0.5) is 15.6 Å². The van der Waals surface area contributed by atoms with Gasteiger partial charge in [-0.3, -0.25) is 5.32 Å². The third-order valence-corrected chi connectivity index (χ3v) is 3.68. The van der Waals surface area contributed by atoms with Crippen molar-refractivity contribution in [3.63, 3.8) is 0 Å². The van der Waals surface area contributed by atoms with E-state index < -0.39 is 6.03 Å². The van der Waals surface area contributed by atoms with Crippen LogP contribution >= 0.6 is 22.9 Å². The van der Waals surface area contributed by atoms with Crippen molar-refractivity contribution in [2.45, 2.75) is 20.8 Å². The van der Waals surface area contributed by atoms with Gasteiger partial charge in [0.15, 0.2) is 0 Å². The highest BCUT2D eigenvalue weighted by Gasteiger charge is 2.14. The fourth-order valence-corrected chi connectivity index (χ4v) is 2.58. The minimum Gasteiger partial charge on any atom is -0.492 e. The lowest BCUT2D eigenvalue weighted by Crippen LogP contribution is -2.20. The number of anilines is 2. The molecule has 0 saturated heterocycles. The van der Waals surface area contributed by atoms with Crippen LogP contribution in [-0.4, -0.2) is 29.4 Å². The van der Waals surface area contributed by atoms with Gasteiger partial charge in [0.1, 0.15) is 16.5 Å². The van der Waals surface area contributed by atoms with Gasteiger partial charge in [-0.15, -0.1) is 10.2 Å². The van der Waals surface area contributed by atoms with E-state index in [1.165, 1.54) is 11.3 Å². The second-order valence-electron chi connectivity index (χ2n) is 4.35. The number of hydrogen-bond acceptors (Lipinski definition) is 6. The molecule has 23 heavy (non-hydrogen) atoms. The summed E-state index contributed by atoms with van der Waals surface area (Å²) in [6, 6.07) is 2.78. The van der Waals surface area contributed by atoms with Crippen molar-refractivity contribution in [2.24, 2.45) is 0 Å². The van der Waals surface area contributed by atoms with E-state index in [1.807, 2.05) is 13.8 Å². The van der Waals surface area contributed by atoms with Crippen LogP contribution in [0.25, 0.3) is 0 Å². The van der Waals surface area contributed by atoms with Crippen LogP contribution in [0.3, 0.4) is 0 Å². The van der Waals surface area contributed by atoms with Gasteiger partial charge < -0.3 is 14.8 Å². The van der Waals surface area contributed by atoms with Gasteiger partial charge in [0.05, 0.1) is 23.9 Å². The first kappa shape index (κ1) is 17.3. The monoisotopic (exact) mass is 356 g/mol. The van der Waals surface area contributed by atoms with Crippen molar-refractivity contribution in [3.8, 4) is 11.5 Å². The van der Waals surface area contributed by atoms with Gasteiger partial charge in [0.25, 0.3) is 0 Å². The second-order valence-corrected chi connectivity index (χ2v) is 5.94. The summed E-state index contributed by atoms with van der Waals surface area (Å²) in [6.07, 6.45) is 0. The predicted molar refractivity (Wildman–Crippen MR) is 91.1 cm³/mol. The Morgan fingerprint density at radius 2 is 1.87 bits per heavy atom. The quantitative estimate of drug-likeness (QED) is 0.818. The summed E-state index contributed by atoms with van der Waals surface area (Å²) in [5, 5.41) is 14.5. The number of halogens is 1. The molecule has 7 nitrogen and oxygen atoms in total. The highest BCUT2D eigenvalue weighted by molar-refractivity contribution is 7.15. The van der Waals surface area contributed by atoms with Gasteiger partial charge in [-0.1, -0.05) is 22.9 Å². The Morgan fingerprint density at radius 1 is 1.17 bits per heavy atom. The van der Waals surface area contributed by atoms with E-state index in [-0.39, 0.29) is 0 Å². The molecule has 2 amide bonds. The number of hydrogen-bond donors (Lipinski definition) is 2. The van der Waals surface area contributed by atoms with Gasteiger partial charge in [-0.2, -0.15) is 0 Å². The fourth-order valence-electron chi connectivity index (χ4n) is 1.77. The largest absolute Gasteiger partial charge is 0.492 e. The summed E-state index contributed by atoms with van der Waals surface area (Å²) < 4.78 is 11.0. The first-order chi connectivity index (χ1) is 11.0. The molecule has 0 unspecified atom stereocenters. The Kier molecular flexibility index (Phi) is 6.00. The highest BCUT2D eigenvalue weighted by Crippen LogP contribution is 2.36. The van der Waals surface area contributed by atoms with Crippen molar-refractivity contribution in [1.82, 2.24) is 10.2 Å². The summed E-state index contributed by atoms with van der Waals surface area (Å²) in [7, 11) is 0. The minimum absolute atomic E-state index is 0.386. The Balaban J connectivity index is 2.16. The lowest BCUT2D eigenvalue weighted by Gasteiger charge is -2.14. The van der Waals surface area contributed by atoms with Crippen LogP contribution in [0.15, 0.2) is 12.1 Å². The van der Waals surface area contributed by atoms with Gasteiger partial charge in [-0.25, -0.2) is 4.79 Å². The first-order valence-electron chi connectivity index (χ1n) is 7.00. The van der Waals surface area contributed by atoms with Crippen molar-refractivity contribution < 1.29 is 14.3 Å². The van der Waals surface area contributed by atoms with E-state index in [1.54, 1.807) is 19.1 Å². The van der Waals surface area contributed by atoms with Gasteiger partial charge in [0, 0.05) is 6.07 Å². The van der Waals surface area contributed by atoms with Crippen LogP contribution < -0.4 is 20.1 Å². The Hall–Kier alpha value is -2.06. The van der Waals surface area contributed by atoms with Crippen LogP contribution in [-0.2, 0) is 0 Å². The maximum Gasteiger partial charge on any atom is 0.325 e. The van der Waals surface area contributed by atoms with E-state index in [0.717, 1.165) is 5.01 Å². The number of nitrogens with one attached hydrogen (secondary N) is 2. The van der Waals surface area contributed by atoms with Crippen molar-refractivity contribution in [2.75, 3.05) is 23.8 Å². The summed E-state index contributed by atoms with van der Waals surface area (Å²) in [4.78, 5) is 12.1. The molecule has 0 aliphatic heterocycles. The summed E-state index contributed by atoms with van der Waals surface area (Å²) >= 11 is 7.44. The fraction of sp³-hybridized carbons (Fsp3) is 0.357. The molecule has 0 aliphatic carbocycles. The molecule has 1 heterocycles. The topological polar surface area (TPSA) is 85.4 Å². The number of aryl methyl sites for hydroxylation is 1. The molecule has 0 radical (unpaired) electrons. The molecule has 0 bridgehead atoms. The standard InChI is InChI=1S/C14H17ClN4O3S/c1-4-21-11-7-12(22-5-2)10(6-9(11)15)16-13(20)17-14-19-18-8(3)23-14/h6-7H,4-5H2,1-3H3,(H2,16,17,19,20). The Morgan fingerprint density at radius 3 is 2.48 bits per heavy atom. The molecular formula is C14H17ClN4O3S. The molecule has 2 rings (SSSR count). The lowest BCUT2D eigenvalue weighted by atomic mass is 10.2. The molecule has 9 heteroatoms. The average Bonchev–Trinajstić information content (AvgIpc) is 2.89. The zero-order chi connectivity index (χ0) is 16.8. The van der Waals surface area contributed by atoms with E-state index in [9.17, 15) is 4.79 Å². The van der Waals surface area contributed by atoms with Crippen molar-refractivity contribution >= 4 is 39.8 Å². The molecule has 2 aromatic rings. The van der Waals surface area contributed by atoms with Crippen LogP contribution in [0.2, 0.25) is 5.02 Å². The highest BCUT2D eigenvalue weighted by atomic mass is 35.5. The molecule has 124 valence electrons. The summed E-state index contributed by atoms with van der Waals surface area (Å²) in [5.41, 5.74) is 0.444. The van der Waals surface area contributed by atoms with Crippen molar-refractivity contribution in [1.29, 1.82) is 0 Å². The molecule has 2 N–H and O–H groups in total. The SMILES string of the molecule is CCOc1cc(OCC)c(NC(=O)Nc2nnc(C)s2)cc1Cl. The van der Waals surface area contributed by atoms with Gasteiger partial charge >= 0.3 is 6.03 Å². The third kappa shape index (κ3) is 4.70. The number of nitrogens with zero attached hydrogens (tertiary/aromatic N) is 2. The third-order valence-electron chi connectivity index (χ3n) is 2.63. The average molecular weight is 357 g/mol. The maximum absolute atomic E-state index is 12.1. The van der Waals surface area contributed by atoms with Crippen LogP contribution in [0.1, 0.15) is 18.9 Å². The zero-order valence-corrected chi connectivity index (χ0v) is 14.5. The zero-order valence-electron chi connectivity index (χ0n) is 13.0. The number of rotatable bonds is 6. The van der Waals surface area contributed by atoms with Gasteiger partial charge in [-0.05, 0) is 26.8 Å². The normalized spacial score (nSPS) is 10.3. The van der Waals surface area contributed by atoms with Crippen LogP contribution in [0.5, 0.6) is 11.5 Å². The molecule has 0 fully saturated rings. The molecule has 1 aromatic heterocycles. The Labute approximate surface area is 143 Å². The number of urea groups is 1. The molecule has 0 atom stereocenters. The van der Waals surface area contributed by atoms with E-state index in [2.05, 4.69) is 20.8 Å². The van der Waals surface area contributed by atoms with Crippen molar-refractivity contribution in [3.05, 3.63) is 22.2 Å². The molecular weight excluding hydrogens is 340 g/mol. The first-order valence-corrected chi connectivity index (χ1v) is 8.20. The van der Waals surface area contributed by atoms with Gasteiger partial charge in [0.2, 0.25) is 5.13 Å². The summed E-state index contributed by atoms with van der Waals surface area (Å²) in [5.74, 6) is 0.979. The molecule has 1 aromatic carbocycles. The van der Waals surface area contributed by atoms with E-state index in [4.69, 9.17) is 21.1 Å². The number of benzene rings is 1.